The molecule has 0 fully saturated rings. The van der Waals surface area contributed by atoms with E-state index in [1.54, 1.807) is 26.7 Å². The van der Waals surface area contributed by atoms with Crippen molar-refractivity contribution in [2.75, 3.05) is 4.90 Å². The molecule has 0 aliphatic rings. The van der Waals surface area contributed by atoms with E-state index in [4.69, 9.17) is 0 Å². The number of anilines is 2. The van der Waals surface area contributed by atoms with Gasteiger partial charge in [0.05, 0.1) is 22.7 Å². The molecule has 27 heavy (non-hydrogen) atoms. The van der Waals surface area contributed by atoms with Gasteiger partial charge in [-0.3, -0.25) is 9.69 Å². The summed E-state index contributed by atoms with van der Waals surface area (Å²) in [4.78, 5) is 14.3. The molecule has 0 spiro atoms. The number of nitrogens with zero attached hydrogens (tertiary/aromatic N) is 5. The molecule has 1 amide bonds. The highest BCUT2D eigenvalue weighted by atomic mass is 16.2. The summed E-state index contributed by atoms with van der Waals surface area (Å²) < 4.78 is 3.50. The van der Waals surface area contributed by atoms with E-state index in [0.29, 0.717) is 0 Å². The Kier molecular flexibility index (Phi) is 4.37. The van der Waals surface area contributed by atoms with Crippen molar-refractivity contribution >= 4 is 17.3 Å². The number of carbonyl (C=O) groups is 1. The zero-order valence-electron chi connectivity index (χ0n) is 14.5. The monoisotopic (exact) mass is 355 g/mol. The Morgan fingerprint density at radius 1 is 0.852 bits per heavy atom. The van der Waals surface area contributed by atoms with Gasteiger partial charge in [0.2, 0.25) is 0 Å². The number of aromatic nitrogens is 4. The third-order valence-corrected chi connectivity index (χ3v) is 4.11. The first-order valence-electron chi connectivity index (χ1n) is 8.43. The summed E-state index contributed by atoms with van der Waals surface area (Å²) >= 11 is 0. The number of benzene rings is 2. The zero-order chi connectivity index (χ0) is 18.6. The Balaban J connectivity index is 1.79. The van der Waals surface area contributed by atoms with E-state index in [1.807, 2.05) is 73.1 Å². The van der Waals surface area contributed by atoms with Crippen LogP contribution >= 0.6 is 0 Å². The Morgan fingerprint density at radius 2 is 1.37 bits per heavy atom. The van der Waals surface area contributed by atoms with Crippen LogP contribution in [0, 0.1) is 0 Å². The number of carbonyl (C=O) groups excluding carboxylic acids is 1. The lowest BCUT2D eigenvalue weighted by Gasteiger charge is -2.23. The van der Waals surface area contributed by atoms with E-state index in [0.717, 1.165) is 22.7 Å². The van der Waals surface area contributed by atoms with Crippen LogP contribution in [0.25, 0.3) is 11.4 Å². The highest BCUT2D eigenvalue weighted by Crippen LogP contribution is 2.29. The highest BCUT2D eigenvalue weighted by molar-refractivity contribution is 6.07. The van der Waals surface area contributed by atoms with Crippen molar-refractivity contribution in [2.24, 2.45) is 0 Å². The quantitative estimate of drug-likeness (QED) is 0.510. The van der Waals surface area contributed by atoms with Crippen LogP contribution in [-0.2, 0) is 4.79 Å². The van der Waals surface area contributed by atoms with Crippen molar-refractivity contribution in [3.05, 3.63) is 98.1 Å². The maximum absolute atomic E-state index is 12.7. The van der Waals surface area contributed by atoms with Gasteiger partial charge in [-0.15, -0.1) is 0 Å². The first-order chi connectivity index (χ1) is 13.3. The molecule has 0 atom stereocenters. The fourth-order valence-corrected chi connectivity index (χ4v) is 2.89. The molecule has 132 valence electrons. The largest absolute Gasteiger partial charge is 0.277 e. The summed E-state index contributed by atoms with van der Waals surface area (Å²) in [6.45, 7) is 3.65. The topological polar surface area (TPSA) is 56.0 Å². The van der Waals surface area contributed by atoms with E-state index < -0.39 is 0 Å². The second-order valence-electron chi connectivity index (χ2n) is 5.82. The summed E-state index contributed by atoms with van der Waals surface area (Å²) in [6, 6.07) is 19.0. The Morgan fingerprint density at radius 3 is 1.78 bits per heavy atom. The van der Waals surface area contributed by atoms with E-state index in [9.17, 15) is 4.79 Å². The van der Waals surface area contributed by atoms with Gasteiger partial charge in [0.15, 0.2) is 0 Å². The van der Waals surface area contributed by atoms with Gasteiger partial charge in [0.25, 0.3) is 5.91 Å². The maximum Gasteiger partial charge on any atom is 0.254 e. The molecule has 0 saturated heterocycles. The summed E-state index contributed by atoms with van der Waals surface area (Å²) in [5.74, 6) is -0.217. The minimum Gasteiger partial charge on any atom is -0.277 e. The van der Waals surface area contributed by atoms with Crippen LogP contribution < -0.4 is 4.90 Å². The van der Waals surface area contributed by atoms with Crippen LogP contribution in [-0.4, -0.2) is 25.5 Å². The molecule has 4 aromatic rings. The Labute approximate surface area is 156 Å². The minimum atomic E-state index is -0.217. The molecule has 0 N–H and O–H groups in total. The van der Waals surface area contributed by atoms with Gasteiger partial charge in [-0.2, -0.15) is 10.2 Å². The lowest BCUT2D eigenvalue weighted by Crippen LogP contribution is -2.24. The zero-order valence-corrected chi connectivity index (χ0v) is 14.5. The summed E-state index contributed by atoms with van der Waals surface area (Å²) in [6.07, 6.45) is 8.45. The van der Waals surface area contributed by atoms with Crippen LogP contribution in [0.1, 0.15) is 0 Å². The van der Waals surface area contributed by atoms with Crippen molar-refractivity contribution in [1.29, 1.82) is 0 Å². The molecular weight excluding hydrogens is 338 g/mol. The van der Waals surface area contributed by atoms with E-state index >= 15 is 0 Å². The van der Waals surface area contributed by atoms with E-state index in [2.05, 4.69) is 16.8 Å². The van der Waals surface area contributed by atoms with Crippen molar-refractivity contribution in [2.45, 2.75) is 0 Å². The third-order valence-electron chi connectivity index (χ3n) is 4.11. The fourth-order valence-electron chi connectivity index (χ4n) is 2.89. The molecule has 6 nitrogen and oxygen atoms in total. The number of amides is 1. The second kappa shape index (κ2) is 7.13. The minimum absolute atomic E-state index is 0.217. The van der Waals surface area contributed by atoms with Crippen LogP contribution in [0.15, 0.2) is 98.1 Å². The fraction of sp³-hybridized carbons (Fsp3) is 0. The van der Waals surface area contributed by atoms with Gasteiger partial charge >= 0.3 is 0 Å². The van der Waals surface area contributed by atoms with Crippen molar-refractivity contribution in [3.63, 3.8) is 0 Å². The Bertz CT molecular complexity index is 990. The van der Waals surface area contributed by atoms with Crippen LogP contribution in [0.3, 0.4) is 0 Å². The van der Waals surface area contributed by atoms with Gasteiger partial charge < -0.3 is 0 Å². The molecule has 6 heteroatoms. The second-order valence-corrected chi connectivity index (χ2v) is 5.82. The highest BCUT2D eigenvalue weighted by Gasteiger charge is 2.17. The summed E-state index contributed by atoms with van der Waals surface area (Å²) in [7, 11) is 0. The van der Waals surface area contributed by atoms with Gasteiger partial charge in [0, 0.05) is 24.8 Å². The summed E-state index contributed by atoms with van der Waals surface area (Å²) in [5.41, 5.74) is 3.18. The third kappa shape index (κ3) is 3.28. The van der Waals surface area contributed by atoms with Crippen LogP contribution in [0.5, 0.6) is 0 Å². The SMILES string of the molecule is C=CC(=O)N(c1cccc(-n2cccn2)c1)c1cccc(-n2cccn2)c1. The smallest absolute Gasteiger partial charge is 0.254 e. The lowest BCUT2D eigenvalue weighted by atomic mass is 10.2. The normalized spacial score (nSPS) is 10.5. The average Bonchev–Trinajstić information content (AvgIpc) is 3.42. The van der Waals surface area contributed by atoms with Crippen molar-refractivity contribution in [3.8, 4) is 11.4 Å². The molecule has 4 rings (SSSR count). The van der Waals surface area contributed by atoms with Crippen molar-refractivity contribution in [1.82, 2.24) is 19.6 Å². The average molecular weight is 355 g/mol. The van der Waals surface area contributed by atoms with Gasteiger partial charge in [-0.05, 0) is 54.6 Å². The number of hydrogen-bond acceptors (Lipinski definition) is 3. The molecule has 0 aliphatic heterocycles. The van der Waals surface area contributed by atoms with E-state index in [-0.39, 0.29) is 5.91 Å². The van der Waals surface area contributed by atoms with Crippen LogP contribution in [0.4, 0.5) is 11.4 Å². The molecule has 0 saturated carbocycles. The molecule has 0 radical (unpaired) electrons. The van der Waals surface area contributed by atoms with Gasteiger partial charge in [0.1, 0.15) is 0 Å². The van der Waals surface area contributed by atoms with Crippen molar-refractivity contribution < 1.29 is 4.79 Å². The predicted molar refractivity (Wildman–Crippen MR) is 104 cm³/mol. The van der Waals surface area contributed by atoms with Crippen LogP contribution in [0.2, 0.25) is 0 Å². The molecule has 0 aliphatic carbocycles. The molecule has 0 unspecified atom stereocenters. The lowest BCUT2D eigenvalue weighted by molar-refractivity contribution is -0.113. The van der Waals surface area contributed by atoms with Gasteiger partial charge in [-0.1, -0.05) is 18.7 Å². The molecule has 2 aromatic heterocycles. The first-order valence-corrected chi connectivity index (χ1v) is 8.43. The maximum atomic E-state index is 12.7. The molecule has 0 bridgehead atoms. The van der Waals surface area contributed by atoms with Gasteiger partial charge in [-0.25, -0.2) is 9.36 Å². The number of rotatable bonds is 5. The van der Waals surface area contributed by atoms with E-state index in [1.165, 1.54) is 6.08 Å². The predicted octanol–water partition coefficient (Wildman–Crippen LogP) is 3.91. The molecule has 2 aromatic carbocycles. The number of hydrogen-bond donors (Lipinski definition) is 0. The first kappa shape index (κ1) is 16.5. The molecule has 2 heterocycles. The standard InChI is InChI=1S/C21H17N5O/c1-2-21(27)26(19-9-3-7-17(15-19)24-13-5-11-22-24)20-10-4-8-18(16-20)25-14-6-12-23-25/h2-16H,1H2. The Hall–Kier alpha value is -3.93. The summed E-state index contributed by atoms with van der Waals surface area (Å²) in [5, 5.41) is 8.51. The molecular formula is C21H17N5O.